The number of hydrogen-bond acceptors (Lipinski definition) is 4. The van der Waals surface area contributed by atoms with Gasteiger partial charge >= 0.3 is 0 Å². The third-order valence-electron chi connectivity index (χ3n) is 2.99. The van der Waals surface area contributed by atoms with E-state index in [-0.39, 0.29) is 18.6 Å². The molecule has 1 saturated heterocycles. The molecule has 1 aliphatic heterocycles. The van der Waals surface area contributed by atoms with E-state index < -0.39 is 0 Å². The minimum absolute atomic E-state index is 0.0435. The third-order valence-corrected chi connectivity index (χ3v) is 3.28. The maximum absolute atomic E-state index is 12.1. The molecule has 1 N–H and O–H groups in total. The van der Waals surface area contributed by atoms with E-state index >= 15 is 0 Å². The number of carbonyl (C=O) groups is 1. The molecule has 1 amide bonds. The van der Waals surface area contributed by atoms with Crippen LogP contribution in [0.4, 0.5) is 0 Å². The Morgan fingerprint density at radius 1 is 1.44 bits per heavy atom. The number of thiol groups is 1. The van der Waals surface area contributed by atoms with Gasteiger partial charge in [0.1, 0.15) is 0 Å². The molecule has 1 aromatic rings. The molecule has 1 atom stereocenters. The van der Waals surface area contributed by atoms with E-state index in [1.165, 1.54) is 0 Å². The van der Waals surface area contributed by atoms with Crippen molar-refractivity contribution in [3.63, 3.8) is 0 Å². The quantitative estimate of drug-likeness (QED) is 0.794. The first-order chi connectivity index (χ1) is 8.69. The number of amides is 1. The number of carbonyl (C=O) groups excluding carboxylic acids is 1. The topological polar surface area (TPSA) is 49.8 Å². The van der Waals surface area contributed by atoms with Crippen molar-refractivity contribution in [3.8, 4) is 0 Å². The van der Waals surface area contributed by atoms with Gasteiger partial charge in [0.2, 0.25) is 5.91 Å². The molecule has 1 aliphatic rings. The van der Waals surface area contributed by atoms with Crippen LogP contribution in [0.1, 0.15) is 5.56 Å². The van der Waals surface area contributed by atoms with Crippen molar-refractivity contribution in [3.05, 3.63) is 29.8 Å². The SMILES string of the molecule is O=C(Cc1ccc(S)cc1)N1CCOC(CO)C1. The fraction of sp³-hybridized carbons (Fsp3) is 0.462. The Morgan fingerprint density at radius 3 is 2.83 bits per heavy atom. The number of nitrogens with zero attached hydrogens (tertiary/aromatic N) is 1. The van der Waals surface area contributed by atoms with Crippen LogP contribution in [-0.2, 0) is 16.0 Å². The van der Waals surface area contributed by atoms with Crippen molar-refractivity contribution in [2.24, 2.45) is 0 Å². The lowest BCUT2D eigenvalue weighted by molar-refractivity contribution is -0.139. The van der Waals surface area contributed by atoms with Gasteiger partial charge in [0, 0.05) is 18.0 Å². The fourth-order valence-corrected chi connectivity index (χ4v) is 2.11. The Kier molecular flexibility index (Phi) is 4.63. The van der Waals surface area contributed by atoms with Crippen molar-refractivity contribution in [1.82, 2.24) is 4.90 Å². The van der Waals surface area contributed by atoms with Gasteiger partial charge in [0.25, 0.3) is 0 Å². The standard InChI is InChI=1S/C13H17NO3S/c15-9-11-8-14(5-6-17-11)13(16)7-10-1-3-12(18)4-2-10/h1-4,11,15,18H,5-9H2. The van der Waals surface area contributed by atoms with Gasteiger partial charge < -0.3 is 14.7 Å². The van der Waals surface area contributed by atoms with Crippen LogP contribution in [0.5, 0.6) is 0 Å². The minimum Gasteiger partial charge on any atom is -0.394 e. The van der Waals surface area contributed by atoms with Crippen molar-refractivity contribution in [2.75, 3.05) is 26.3 Å². The Labute approximate surface area is 112 Å². The molecule has 0 bridgehead atoms. The Balaban J connectivity index is 1.93. The van der Waals surface area contributed by atoms with Crippen molar-refractivity contribution in [2.45, 2.75) is 17.4 Å². The average molecular weight is 267 g/mol. The van der Waals surface area contributed by atoms with Crippen LogP contribution in [0.2, 0.25) is 0 Å². The number of rotatable bonds is 3. The lowest BCUT2D eigenvalue weighted by Gasteiger charge is -2.32. The summed E-state index contributed by atoms with van der Waals surface area (Å²) in [5.41, 5.74) is 0.977. The van der Waals surface area contributed by atoms with Crippen molar-refractivity contribution < 1.29 is 14.6 Å². The van der Waals surface area contributed by atoms with Crippen LogP contribution in [0, 0.1) is 0 Å². The second-order valence-corrected chi connectivity index (χ2v) is 4.87. The normalized spacial score (nSPS) is 19.9. The molecule has 0 aromatic heterocycles. The molecule has 0 spiro atoms. The maximum Gasteiger partial charge on any atom is 0.227 e. The molecular formula is C13H17NO3S. The minimum atomic E-state index is -0.248. The highest BCUT2D eigenvalue weighted by Gasteiger charge is 2.23. The number of hydrogen-bond donors (Lipinski definition) is 2. The van der Waals surface area contributed by atoms with Gasteiger partial charge in [-0.05, 0) is 17.7 Å². The first kappa shape index (κ1) is 13.4. The van der Waals surface area contributed by atoms with E-state index in [0.29, 0.717) is 26.1 Å². The lowest BCUT2D eigenvalue weighted by atomic mass is 10.1. The molecule has 2 rings (SSSR count). The summed E-state index contributed by atoms with van der Waals surface area (Å²) in [6.07, 6.45) is 0.133. The summed E-state index contributed by atoms with van der Waals surface area (Å²) in [6, 6.07) is 7.57. The van der Waals surface area contributed by atoms with E-state index in [2.05, 4.69) is 12.6 Å². The molecule has 0 aliphatic carbocycles. The fourth-order valence-electron chi connectivity index (χ4n) is 1.96. The van der Waals surface area contributed by atoms with E-state index in [0.717, 1.165) is 10.5 Å². The first-order valence-corrected chi connectivity index (χ1v) is 6.42. The number of ether oxygens (including phenoxy) is 1. The van der Waals surface area contributed by atoms with Gasteiger partial charge in [0.05, 0.1) is 25.7 Å². The van der Waals surface area contributed by atoms with Crippen molar-refractivity contribution >= 4 is 18.5 Å². The Hall–Kier alpha value is -1.04. The third kappa shape index (κ3) is 3.48. The van der Waals surface area contributed by atoms with Gasteiger partial charge in [-0.25, -0.2) is 0 Å². The molecule has 0 saturated carbocycles. The van der Waals surface area contributed by atoms with Gasteiger partial charge in [-0.15, -0.1) is 12.6 Å². The largest absolute Gasteiger partial charge is 0.394 e. The van der Waals surface area contributed by atoms with Gasteiger partial charge in [-0.1, -0.05) is 12.1 Å². The predicted molar refractivity (Wildman–Crippen MR) is 70.8 cm³/mol. The summed E-state index contributed by atoms with van der Waals surface area (Å²) >= 11 is 4.21. The average Bonchev–Trinajstić information content (AvgIpc) is 2.41. The Morgan fingerprint density at radius 2 is 2.17 bits per heavy atom. The molecule has 0 radical (unpaired) electrons. The lowest BCUT2D eigenvalue weighted by Crippen LogP contribution is -2.47. The highest BCUT2D eigenvalue weighted by atomic mass is 32.1. The summed E-state index contributed by atoms with van der Waals surface area (Å²) in [7, 11) is 0. The van der Waals surface area contributed by atoms with Crippen LogP contribution < -0.4 is 0 Å². The van der Waals surface area contributed by atoms with E-state index in [1.54, 1.807) is 4.90 Å². The molecule has 5 heteroatoms. The molecule has 1 heterocycles. The zero-order chi connectivity index (χ0) is 13.0. The highest BCUT2D eigenvalue weighted by Crippen LogP contribution is 2.11. The monoisotopic (exact) mass is 267 g/mol. The van der Waals surface area contributed by atoms with E-state index in [1.807, 2.05) is 24.3 Å². The summed E-state index contributed by atoms with van der Waals surface area (Å²) < 4.78 is 5.32. The molecule has 18 heavy (non-hydrogen) atoms. The highest BCUT2D eigenvalue weighted by molar-refractivity contribution is 7.80. The molecule has 1 unspecified atom stereocenters. The molecular weight excluding hydrogens is 250 g/mol. The smallest absolute Gasteiger partial charge is 0.227 e. The molecule has 4 nitrogen and oxygen atoms in total. The van der Waals surface area contributed by atoms with Crippen LogP contribution in [0.15, 0.2) is 29.2 Å². The van der Waals surface area contributed by atoms with Crippen molar-refractivity contribution in [1.29, 1.82) is 0 Å². The number of aliphatic hydroxyl groups excluding tert-OH is 1. The number of morpholine rings is 1. The van der Waals surface area contributed by atoms with Gasteiger partial charge in [0.15, 0.2) is 0 Å². The first-order valence-electron chi connectivity index (χ1n) is 5.97. The van der Waals surface area contributed by atoms with Gasteiger partial charge in [-0.2, -0.15) is 0 Å². The maximum atomic E-state index is 12.1. The second-order valence-electron chi connectivity index (χ2n) is 4.36. The van der Waals surface area contributed by atoms with E-state index in [4.69, 9.17) is 9.84 Å². The van der Waals surface area contributed by atoms with Crippen LogP contribution in [0.25, 0.3) is 0 Å². The predicted octanol–water partition coefficient (Wildman–Crippen LogP) is 0.737. The summed E-state index contributed by atoms with van der Waals surface area (Å²) in [5, 5.41) is 9.04. The Bertz CT molecular complexity index is 407. The molecule has 1 aromatic carbocycles. The van der Waals surface area contributed by atoms with Gasteiger partial charge in [-0.3, -0.25) is 4.79 Å². The molecule has 1 fully saturated rings. The molecule has 98 valence electrons. The van der Waals surface area contributed by atoms with Crippen LogP contribution in [-0.4, -0.2) is 48.3 Å². The zero-order valence-electron chi connectivity index (χ0n) is 10.1. The van der Waals surface area contributed by atoms with Crippen LogP contribution >= 0.6 is 12.6 Å². The number of aliphatic hydroxyl groups is 1. The second kappa shape index (κ2) is 6.22. The summed E-state index contributed by atoms with van der Waals surface area (Å²) in [4.78, 5) is 14.7. The summed E-state index contributed by atoms with van der Waals surface area (Å²) in [5.74, 6) is 0.0728. The van der Waals surface area contributed by atoms with Crippen LogP contribution in [0.3, 0.4) is 0 Å². The van der Waals surface area contributed by atoms with E-state index in [9.17, 15) is 4.79 Å². The number of benzene rings is 1. The zero-order valence-corrected chi connectivity index (χ0v) is 11.0. The summed E-state index contributed by atoms with van der Waals surface area (Å²) in [6.45, 7) is 1.52.